The maximum atomic E-state index is 14.0. The third kappa shape index (κ3) is 3.76. The molecule has 1 unspecified atom stereocenters. The highest BCUT2D eigenvalue weighted by Gasteiger charge is 2.20. The third-order valence-electron chi connectivity index (χ3n) is 3.35. The van der Waals surface area contributed by atoms with Crippen molar-refractivity contribution in [3.63, 3.8) is 0 Å². The molecule has 22 heavy (non-hydrogen) atoms. The fraction of sp³-hybridized carbons (Fsp3) is 0.312. The van der Waals surface area contributed by atoms with Crippen LogP contribution in [0, 0.1) is 5.82 Å². The minimum absolute atomic E-state index is 0.260. The van der Waals surface area contributed by atoms with Gasteiger partial charge in [0.15, 0.2) is 0 Å². The van der Waals surface area contributed by atoms with Gasteiger partial charge >= 0.3 is 6.03 Å². The van der Waals surface area contributed by atoms with Crippen molar-refractivity contribution in [3.05, 3.63) is 52.0 Å². The third-order valence-corrected chi connectivity index (χ3v) is 4.08. The van der Waals surface area contributed by atoms with Crippen molar-refractivity contribution in [2.75, 3.05) is 14.2 Å². The lowest BCUT2D eigenvalue weighted by Crippen LogP contribution is -2.38. The van der Waals surface area contributed by atoms with Crippen molar-refractivity contribution in [2.24, 2.45) is 0 Å². The summed E-state index contributed by atoms with van der Waals surface area (Å²) < 4.78 is 19.2. The Balaban J connectivity index is 2.05. The van der Waals surface area contributed by atoms with Crippen molar-refractivity contribution < 1.29 is 13.9 Å². The molecule has 2 aromatic rings. The Morgan fingerprint density at radius 2 is 2.23 bits per heavy atom. The lowest BCUT2D eigenvalue weighted by molar-refractivity contribution is 0.203. The number of hydrogen-bond donors (Lipinski definition) is 1. The van der Waals surface area contributed by atoms with E-state index in [4.69, 9.17) is 4.74 Å². The average molecular weight is 322 g/mol. The summed E-state index contributed by atoms with van der Waals surface area (Å²) in [5.74, 6) is 0.0286. The van der Waals surface area contributed by atoms with Gasteiger partial charge in [-0.1, -0.05) is 6.07 Å². The largest absolute Gasteiger partial charge is 0.496 e. The first-order valence-electron chi connectivity index (χ1n) is 6.88. The number of nitrogens with one attached hydrogen (secondary N) is 1. The van der Waals surface area contributed by atoms with Crippen LogP contribution < -0.4 is 10.1 Å². The molecule has 0 aliphatic rings. The van der Waals surface area contributed by atoms with Gasteiger partial charge in [-0.15, -0.1) is 0 Å². The van der Waals surface area contributed by atoms with E-state index in [1.54, 1.807) is 42.3 Å². The van der Waals surface area contributed by atoms with Crippen molar-refractivity contribution in [1.82, 2.24) is 10.2 Å². The molecular formula is C16H19FN2O2S. The number of amides is 2. The molecule has 0 fully saturated rings. The van der Waals surface area contributed by atoms with Gasteiger partial charge < -0.3 is 15.0 Å². The molecule has 1 atom stereocenters. The van der Waals surface area contributed by atoms with E-state index >= 15 is 0 Å². The molecule has 0 aliphatic heterocycles. The van der Waals surface area contributed by atoms with Crippen LogP contribution in [0.2, 0.25) is 0 Å². The van der Waals surface area contributed by atoms with E-state index in [1.807, 2.05) is 16.8 Å². The molecule has 1 N–H and O–H groups in total. The monoisotopic (exact) mass is 322 g/mol. The molecular weight excluding hydrogens is 303 g/mol. The SMILES string of the molecule is COc1cccc(F)c1C(C)NC(=O)N(C)Cc1ccsc1. The molecule has 2 rings (SSSR count). The van der Waals surface area contributed by atoms with Crippen LogP contribution in [0.1, 0.15) is 24.1 Å². The number of ether oxygens (including phenoxy) is 1. The molecule has 1 aromatic carbocycles. The topological polar surface area (TPSA) is 41.6 Å². The number of methoxy groups -OCH3 is 1. The van der Waals surface area contributed by atoms with Crippen LogP contribution in [-0.2, 0) is 6.54 Å². The highest BCUT2D eigenvalue weighted by Crippen LogP contribution is 2.27. The quantitative estimate of drug-likeness (QED) is 0.910. The summed E-state index contributed by atoms with van der Waals surface area (Å²) >= 11 is 1.59. The number of halogens is 1. The molecule has 0 spiro atoms. The summed E-state index contributed by atoms with van der Waals surface area (Å²) in [6.45, 7) is 2.24. The molecule has 6 heteroatoms. The number of carbonyl (C=O) groups is 1. The van der Waals surface area contributed by atoms with Crippen LogP contribution in [-0.4, -0.2) is 25.1 Å². The zero-order valence-corrected chi connectivity index (χ0v) is 13.6. The number of nitrogens with zero attached hydrogens (tertiary/aromatic N) is 1. The van der Waals surface area contributed by atoms with E-state index < -0.39 is 11.9 Å². The highest BCUT2D eigenvalue weighted by atomic mass is 32.1. The number of carbonyl (C=O) groups excluding carboxylic acids is 1. The van der Waals surface area contributed by atoms with E-state index in [-0.39, 0.29) is 6.03 Å². The smallest absolute Gasteiger partial charge is 0.317 e. The second kappa shape index (κ2) is 7.26. The second-order valence-corrected chi connectivity index (χ2v) is 5.79. The van der Waals surface area contributed by atoms with Gasteiger partial charge in [0.05, 0.1) is 18.7 Å². The normalized spacial score (nSPS) is 11.8. The van der Waals surface area contributed by atoms with E-state index in [0.29, 0.717) is 17.9 Å². The van der Waals surface area contributed by atoms with E-state index in [1.165, 1.54) is 13.2 Å². The van der Waals surface area contributed by atoms with Gasteiger partial charge in [0, 0.05) is 13.6 Å². The number of urea groups is 1. The van der Waals surface area contributed by atoms with E-state index in [2.05, 4.69) is 5.32 Å². The molecule has 0 radical (unpaired) electrons. The van der Waals surface area contributed by atoms with Crippen LogP contribution in [0.25, 0.3) is 0 Å². The summed E-state index contributed by atoms with van der Waals surface area (Å²) in [6.07, 6.45) is 0. The Labute approximate surface area is 133 Å². The van der Waals surface area contributed by atoms with E-state index in [0.717, 1.165) is 5.56 Å². The Hall–Kier alpha value is -2.08. The summed E-state index contributed by atoms with van der Waals surface area (Å²) in [6, 6.07) is 5.83. The molecule has 118 valence electrons. The van der Waals surface area contributed by atoms with Crippen LogP contribution >= 0.6 is 11.3 Å². The van der Waals surface area contributed by atoms with Gasteiger partial charge in [-0.05, 0) is 41.4 Å². The molecule has 4 nitrogen and oxygen atoms in total. The Morgan fingerprint density at radius 3 is 2.86 bits per heavy atom. The minimum atomic E-state index is -0.492. The second-order valence-electron chi connectivity index (χ2n) is 5.01. The molecule has 1 heterocycles. The lowest BCUT2D eigenvalue weighted by Gasteiger charge is -2.22. The number of rotatable bonds is 5. The van der Waals surface area contributed by atoms with Gasteiger partial charge in [-0.2, -0.15) is 11.3 Å². The lowest BCUT2D eigenvalue weighted by atomic mass is 10.1. The van der Waals surface area contributed by atoms with Crippen molar-refractivity contribution in [3.8, 4) is 5.75 Å². The van der Waals surface area contributed by atoms with Crippen LogP contribution in [0.3, 0.4) is 0 Å². The predicted molar refractivity (Wildman–Crippen MR) is 85.7 cm³/mol. The van der Waals surface area contributed by atoms with Gasteiger partial charge in [0.1, 0.15) is 11.6 Å². The Kier molecular flexibility index (Phi) is 5.38. The molecule has 0 aliphatic carbocycles. The fourth-order valence-corrected chi connectivity index (χ4v) is 2.87. The minimum Gasteiger partial charge on any atom is -0.496 e. The Bertz CT molecular complexity index is 631. The van der Waals surface area contributed by atoms with Crippen LogP contribution in [0.4, 0.5) is 9.18 Å². The van der Waals surface area contributed by atoms with Gasteiger partial charge in [0.2, 0.25) is 0 Å². The summed E-state index contributed by atoms with van der Waals surface area (Å²) in [5, 5.41) is 6.75. The Morgan fingerprint density at radius 1 is 1.45 bits per heavy atom. The molecule has 2 amide bonds. The fourth-order valence-electron chi connectivity index (χ4n) is 2.21. The van der Waals surface area contributed by atoms with E-state index in [9.17, 15) is 9.18 Å². The maximum Gasteiger partial charge on any atom is 0.317 e. The van der Waals surface area contributed by atoms with Crippen molar-refractivity contribution >= 4 is 17.4 Å². The molecule has 0 saturated carbocycles. The zero-order chi connectivity index (χ0) is 16.1. The first-order chi connectivity index (χ1) is 10.5. The van der Waals surface area contributed by atoms with Crippen molar-refractivity contribution in [2.45, 2.75) is 19.5 Å². The first kappa shape index (κ1) is 16.3. The number of thiophene rings is 1. The number of benzene rings is 1. The number of hydrogen-bond acceptors (Lipinski definition) is 3. The van der Waals surface area contributed by atoms with Crippen LogP contribution in [0.5, 0.6) is 5.75 Å². The average Bonchev–Trinajstić information content (AvgIpc) is 2.99. The molecule has 1 aromatic heterocycles. The highest BCUT2D eigenvalue weighted by molar-refractivity contribution is 7.07. The molecule has 0 bridgehead atoms. The maximum absolute atomic E-state index is 14.0. The predicted octanol–water partition coefficient (Wildman–Crippen LogP) is 3.80. The summed E-state index contributed by atoms with van der Waals surface area (Å²) in [5.41, 5.74) is 1.42. The summed E-state index contributed by atoms with van der Waals surface area (Å²) in [7, 11) is 3.19. The first-order valence-corrected chi connectivity index (χ1v) is 7.82. The standard InChI is InChI=1S/C16H19FN2O2S/c1-11(15-13(17)5-4-6-14(15)21-3)18-16(20)19(2)9-12-7-8-22-10-12/h4-8,10-11H,9H2,1-3H3,(H,18,20). The van der Waals surface area contributed by atoms with Crippen molar-refractivity contribution in [1.29, 1.82) is 0 Å². The van der Waals surface area contributed by atoms with Crippen LogP contribution in [0.15, 0.2) is 35.0 Å². The van der Waals surface area contributed by atoms with Gasteiger partial charge in [-0.3, -0.25) is 0 Å². The molecule has 0 saturated heterocycles. The zero-order valence-electron chi connectivity index (χ0n) is 12.8. The van der Waals surface area contributed by atoms with Gasteiger partial charge in [0.25, 0.3) is 0 Å². The van der Waals surface area contributed by atoms with Gasteiger partial charge in [-0.25, -0.2) is 9.18 Å². The summed E-state index contributed by atoms with van der Waals surface area (Å²) in [4.78, 5) is 13.8.